The number of hydrogen-bond acceptors (Lipinski definition) is 7. The Morgan fingerprint density at radius 2 is 1.89 bits per heavy atom. The van der Waals surface area contributed by atoms with Gasteiger partial charge in [-0.1, -0.05) is 31.4 Å². The molecule has 148 valence electrons. The van der Waals surface area contributed by atoms with Gasteiger partial charge in [0.2, 0.25) is 0 Å². The third kappa shape index (κ3) is 3.92. The number of carbonyl (C=O) groups is 1. The molecule has 1 N–H and O–H groups in total. The quantitative estimate of drug-likeness (QED) is 0.769. The highest BCUT2D eigenvalue weighted by Crippen LogP contribution is 2.33. The normalized spacial score (nSPS) is 17.1. The molecule has 1 atom stereocenters. The molecule has 1 saturated carbocycles. The number of likely N-dealkylation sites (N-methyl/N-ethyl adjacent to an activating group) is 1. The molecule has 0 radical (unpaired) electrons. The van der Waals surface area contributed by atoms with Gasteiger partial charge in [0.25, 0.3) is 0 Å². The molecular weight excluding hydrogens is 354 g/mol. The summed E-state index contributed by atoms with van der Waals surface area (Å²) in [5, 5.41) is 13.0. The van der Waals surface area contributed by atoms with Gasteiger partial charge in [-0.3, -0.25) is 4.79 Å². The van der Waals surface area contributed by atoms with E-state index >= 15 is 0 Å². The number of benzene rings is 1. The van der Waals surface area contributed by atoms with E-state index in [2.05, 4.69) is 34.3 Å². The summed E-state index contributed by atoms with van der Waals surface area (Å²) in [6, 6.07) is 9.47. The molecule has 0 aliphatic heterocycles. The number of esters is 1. The Morgan fingerprint density at radius 1 is 1.25 bits per heavy atom. The lowest BCUT2D eigenvalue weighted by molar-refractivity contribution is -0.141. The molecule has 0 unspecified atom stereocenters. The lowest BCUT2D eigenvalue weighted by Gasteiger charge is -2.43. The zero-order valence-corrected chi connectivity index (χ0v) is 16.7. The van der Waals surface area contributed by atoms with Gasteiger partial charge in [0.1, 0.15) is 5.69 Å². The maximum atomic E-state index is 12.2. The van der Waals surface area contributed by atoms with E-state index in [-0.39, 0.29) is 5.54 Å². The standard InChI is InChI=1S/C21H27N5O2/c1-26(2)21(11-7-4-8-12-21)14-23-19-18(15(13-22)20(27)28-3)24-16-9-5-6-10-17(16)25-19/h5-6,9-10,15H,4,7-8,11-12,14H2,1-3H3,(H,23,25)/t15-/m0/s1. The van der Waals surface area contributed by atoms with Crippen LogP contribution >= 0.6 is 0 Å². The predicted octanol–water partition coefficient (Wildman–Crippen LogP) is 3.09. The van der Waals surface area contributed by atoms with Gasteiger partial charge in [-0.25, -0.2) is 9.97 Å². The third-order valence-electron chi connectivity index (χ3n) is 5.75. The Labute approximate surface area is 165 Å². The Balaban J connectivity index is 1.99. The first-order valence-corrected chi connectivity index (χ1v) is 9.66. The Kier molecular flexibility index (Phi) is 6.10. The molecule has 1 aliphatic rings. The number of hydrogen-bond donors (Lipinski definition) is 1. The molecule has 0 spiro atoms. The van der Waals surface area contributed by atoms with Crippen molar-refractivity contribution in [3.05, 3.63) is 30.0 Å². The fourth-order valence-electron chi connectivity index (χ4n) is 3.93. The van der Waals surface area contributed by atoms with Crippen LogP contribution in [0.4, 0.5) is 5.82 Å². The van der Waals surface area contributed by atoms with Crippen LogP contribution in [-0.2, 0) is 9.53 Å². The molecule has 1 aliphatic carbocycles. The van der Waals surface area contributed by atoms with E-state index in [1.165, 1.54) is 26.4 Å². The van der Waals surface area contributed by atoms with Crippen molar-refractivity contribution in [3.63, 3.8) is 0 Å². The molecule has 1 aromatic heterocycles. The lowest BCUT2D eigenvalue weighted by Crippen LogP contribution is -2.51. The second kappa shape index (κ2) is 8.53. The number of methoxy groups -OCH3 is 1. The van der Waals surface area contributed by atoms with E-state index in [4.69, 9.17) is 4.74 Å². The summed E-state index contributed by atoms with van der Waals surface area (Å²) in [5.41, 5.74) is 1.71. The zero-order valence-electron chi connectivity index (χ0n) is 16.7. The monoisotopic (exact) mass is 381 g/mol. The summed E-state index contributed by atoms with van der Waals surface area (Å²) in [4.78, 5) is 23.7. The van der Waals surface area contributed by atoms with E-state index in [0.717, 1.165) is 18.4 Å². The van der Waals surface area contributed by atoms with Crippen LogP contribution < -0.4 is 5.32 Å². The van der Waals surface area contributed by atoms with Crippen molar-refractivity contribution in [1.82, 2.24) is 14.9 Å². The van der Waals surface area contributed by atoms with Crippen molar-refractivity contribution in [2.75, 3.05) is 33.1 Å². The lowest BCUT2D eigenvalue weighted by atomic mass is 9.80. The highest BCUT2D eigenvalue weighted by molar-refractivity contribution is 5.84. The van der Waals surface area contributed by atoms with Gasteiger partial charge < -0.3 is 15.0 Å². The molecule has 1 fully saturated rings. The number of para-hydroxylation sites is 2. The third-order valence-corrected chi connectivity index (χ3v) is 5.75. The topological polar surface area (TPSA) is 91.1 Å². The number of aromatic nitrogens is 2. The summed E-state index contributed by atoms with van der Waals surface area (Å²) in [7, 11) is 5.48. The number of nitriles is 1. The smallest absolute Gasteiger partial charge is 0.329 e. The minimum atomic E-state index is -1.12. The second-order valence-corrected chi connectivity index (χ2v) is 7.56. The number of nitrogens with zero attached hydrogens (tertiary/aromatic N) is 4. The fourth-order valence-corrected chi connectivity index (χ4v) is 3.93. The van der Waals surface area contributed by atoms with Crippen LogP contribution in [0.5, 0.6) is 0 Å². The van der Waals surface area contributed by atoms with Crippen LogP contribution in [0.25, 0.3) is 11.0 Å². The molecule has 7 heteroatoms. The van der Waals surface area contributed by atoms with E-state index in [0.29, 0.717) is 23.6 Å². The van der Waals surface area contributed by atoms with Crippen LogP contribution in [0.15, 0.2) is 24.3 Å². The zero-order chi connectivity index (χ0) is 20.1. The maximum absolute atomic E-state index is 12.2. The number of carbonyl (C=O) groups excluding carboxylic acids is 1. The van der Waals surface area contributed by atoms with E-state index in [9.17, 15) is 10.1 Å². The van der Waals surface area contributed by atoms with Crippen molar-refractivity contribution in [2.24, 2.45) is 0 Å². The largest absolute Gasteiger partial charge is 0.468 e. The first-order valence-electron chi connectivity index (χ1n) is 9.66. The highest BCUT2D eigenvalue weighted by Gasteiger charge is 2.35. The Hall–Kier alpha value is -2.72. The summed E-state index contributed by atoms with van der Waals surface area (Å²) in [6.07, 6.45) is 5.84. The highest BCUT2D eigenvalue weighted by atomic mass is 16.5. The van der Waals surface area contributed by atoms with Crippen molar-refractivity contribution in [1.29, 1.82) is 5.26 Å². The predicted molar refractivity (Wildman–Crippen MR) is 108 cm³/mol. The van der Waals surface area contributed by atoms with Gasteiger partial charge in [-0.2, -0.15) is 5.26 Å². The molecule has 1 aromatic carbocycles. The average Bonchev–Trinajstić information content (AvgIpc) is 2.73. The van der Waals surface area contributed by atoms with Gasteiger partial charge in [-0.05, 0) is 39.1 Å². The minimum Gasteiger partial charge on any atom is -0.468 e. The van der Waals surface area contributed by atoms with Crippen LogP contribution in [0.2, 0.25) is 0 Å². The average molecular weight is 381 g/mol. The van der Waals surface area contributed by atoms with Crippen LogP contribution in [0.1, 0.15) is 43.7 Å². The number of fused-ring (bicyclic) bond motifs is 1. The second-order valence-electron chi connectivity index (χ2n) is 7.56. The molecule has 0 amide bonds. The molecular formula is C21H27N5O2. The number of rotatable bonds is 6. The maximum Gasteiger partial charge on any atom is 0.329 e. The minimum absolute atomic E-state index is 0.0241. The number of ether oxygens (including phenoxy) is 1. The molecule has 28 heavy (non-hydrogen) atoms. The van der Waals surface area contributed by atoms with Crippen LogP contribution in [0, 0.1) is 11.3 Å². The number of anilines is 1. The van der Waals surface area contributed by atoms with Gasteiger partial charge in [0.05, 0.1) is 24.2 Å². The molecule has 7 nitrogen and oxygen atoms in total. The van der Waals surface area contributed by atoms with Crippen LogP contribution in [0.3, 0.4) is 0 Å². The Morgan fingerprint density at radius 3 is 2.46 bits per heavy atom. The molecule has 3 rings (SSSR count). The van der Waals surface area contributed by atoms with Gasteiger partial charge >= 0.3 is 5.97 Å². The summed E-state index contributed by atoms with van der Waals surface area (Å²) < 4.78 is 4.81. The van der Waals surface area contributed by atoms with E-state index in [1.54, 1.807) is 0 Å². The SMILES string of the molecule is COC(=O)[C@@H](C#N)c1nc2ccccc2nc1NCC1(N(C)C)CCCCC1. The molecule has 1 heterocycles. The first kappa shape index (κ1) is 20.0. The summed E-state index contributed by atoms with van der Waals surface area (Å²) in [6.45, 7) is 0.680. The summed E-state index contributed by atoms with van der Waals surface area (Å²) >= 11 is 0. The molecule has 2 aromatic rings. The Bertz CT molecular complexity index is 884. The van der Waals surface area contributed by atoms with Crippen molar-refractivity contribution >= 4 is 22.8 Å². The van der Waals surface area contributed by atoms with Crippen molar-refractivity contribution in [2.45, 2.75) is 43.6 Å². The molecule has 0 bridgehead atoms. The molecule has 0 saturated heterocycles. The van der Waals surface area contributed by atoms with E-state index in [1.807, 2.05) is 30.3 Å². The fraction of sp³-hybridized carbons (Fsp3) is 0.524. The first-order chi connectivity index (χ1) is 13.5. The van der Waals surface area contributed by atoms with E-state index < -0.39 is 11.9 Å². The van der Waals surface area contributed by atoms with Crippen molar-refractivity contribution in [3.8, 4) is 6.07 Å². The van der Waals surface area contributed by atoms with Crippen LogP contribution in [-0.4, -0.2) is 54.1 Å². The summed E-state index contributed by atoms with van der Waals surface area (Å²) in [5.74, 6) is -1.27. The van der Waals surface area contributed by atoms with Gasteiger partial charge in [0, 0.05) is 12.1 Å². The van der Waals surface area contributed by atoms with Gasteiger partial charge in [0.15, 0.2) is 11.7 Å². The van der Waals surface area contributed by atoms with Crippen molar-refractivity contribution < 1.29 is 9.53 Å². The van der Waals surface area contributed by atoms with Gasteiger partial charge in [-0.15, -0.1) is 0 Å². The number of nitrogens with one attached hydrogen (secondary N) is 1.